The van der Waals surface area contributed by atoms with E-state index in [9.17, 15) is 8.42 Å². The summed E-state index contributed by atoms with van der Waals surface area (Å²) in [4.78, 5) is 6.21. The molecule has 2 N–H and O–H groups in total. The third-order valence-electron chi connectivity index (χ3n) is 3.03. The van der Waals surface area contributed by atoms with Crippen LogP contribution < -0.4 is 10.0 Å². The van der Waals surface area contributed by atoms with Crippen molar-refractivity contribution in [1.29, 1.82) is 0 Å². The van der Waals surface area contributed by atoms with Gasteiger partial charge in [0.25, 0.3) is 0 Å². The van der Waals surface area contributed by atoms with Gasteiger partial charge in [-0.3, -0.25) is 4.99 Å². The number of hydrogen-bond acceptors (Lipinski definition) is 5. The molecule has 0 radical (unpaired) electrons. The summed E-state index contributed by atoms with van der Waals surface area (Å²) < 4.78 is 26.9. The largest absolute Gasteiger partial charge is 0.355 e. The fourth-order valence-electron chi connectivity index (χ4n) is 1.96. The summed E-state index contributed by atoms with van der Waals surface area (Å²) in [6.45, 7) is 1.51. The van der Waals surface area contributed by atoms with Crippen molar-refractivity contribution in [3.8, 4) is 0 Å². The molecule has 0 unspecified atom stereocenters. The van der Waals surface area contributed by atoms with Crippen molar-refractivity contribution in [2.75, 3.05) is 27.2 Å². The Hall–Kier alpha value is -0.690. The van der Waals surface area contributed by atoms with Crippen LogP contribution in [0.4, 0.5) is 0 Å². The molecule has 10 heteroatoms. The molecule has 24 heavy (non-hydrogen) atoms. The van der Waals surface area contributed by atoms with Crippen molar-refractivity contribution < 1.29 is 8.42 Å². The van der Waals surface area contributed by atoms with Gasteiger partial charge in [0.05, 0.1) is 0 Å². The van der Waals surface area contributed by atoms with Crippen LogP contribution >= 0.6 is 46.7 Å². The number of aliphatic imine (C=N–C) groups is 1. The van der Waals surface area contributed by atoms with E-state index in [4.69, 9.17) is 0 Å². The Balaban J connectivity index is 0.00000288. The van der Waals surface area contributed by atoms with Gasteiger partial charge in [0.15, 0.2) is 5.96 Å². The molecular formula is C14H21IN4O2S3. The lowest BCUT2D eigenvalue weighted by Crippen LogP contribution is -2.42. The lowest BCUT2D eigenvalue weighted by atomic mass is 10.3. The lowest BCUT2D eigenvalue weighted by Gasteiger charge is -2.21. The van der Waals surface area contributed by atoms with Crippen molar-refractivity contribution in [3.05, 3.63) is 39.9 Å². The monoisotopic (exact) mass is 500 g/mol. The first kappa shape index (κ1) is 21.4. The van der Waals surface area contributed by atoms with E-state index in [0.717, 1.165) is 12.5 Å². The quantitative estimate of drug-likeness (QED) is 0.265. The standard InChI is InChI=1S/C14H20N4O2S3.HI/c1-15-14(18(2)10-12-5-9-21-11-12)16-6-7-17-23(19,20)13-4-3-8-22-13;/h3-5,8-9,11,17H,6-7,10H2,1-2H3,(H,15,16);1H. The van der Waals surface area contributed by atoms with Gasteiger partial charge in [0.2, 0.25) is 10.0 Å². The van der Waals surface area contributed by atoms with Gasteiger partial charge >= 0.3 is 0 Å². The molecule has 0 aliphatic carbocycles. The summed E-state index contributed by atoms with van der Waals surface area (Å²) in [5.41, 5.74) is 1.22. The number of hydrogen-bond donors (Lipinski definition) is 2. The maximum absolute atomic E-state index is 12.0. The minimum Gasteiger partial charge on any atom is -0.355 e. The molecular weight excluding hydrogens is 479 g/mol. The number of thiophene rings is 2. The molecule has 0 fully saturated rings. The number of halogens is 1. The van der Waals surface area contributed by atoms with Crippen LogP contribution in [0.2, 0.25) is 0 Å². The third-order valence-corrected chi connectivity index (χ3v) is 6.62. The van der Waals surface area contributed by atoms with Gasteiger partial charge in [-0.2, -0.15) is 11.3 Å². The zero-order valence-corrected chi connectivity index (χ0v) is 18.2. The number of guanidine groups is 1. The molecule has 6 nitrogen and oxygen atoms in total. The molecule has 0 spiro atoms. The van der Waals surface area contributed by atoms with Crippen LogP contribution in [0.15, 0.2) is 43.5 Å². The predicted molar refractivity (Wildman–Crippen MR) is 112 cm³/mol. The summed E-state index contributed by atoms with van der Waals surface area (Å²) in [7, 11) is 0.251. The van der Waals surface area contributed by atoms with E-state index in [1.165, 1.54) is 16.9 Å². The van der Waals surface area contributed by atoms with Crippen molar-refractivity contribution in [2.45, 2.75) is 10.8 Å². The number of sulfonamides is 1. The molecule has 2 aromatic heterocycles. The molecule has 0 saturated carbocycles. The molecule has 0 aromatic carbocycles. The Morgan fingerprint density at radius 1 is 1.29 bits per heavy atom. The lowest BCUT2D eigenvalue weighted by molar-refractivity contribution is 0.477. The smallest absolute Gasteiger partial charge is 0.250 e. The Labute approximate surface area is 168 Å². The van der Waals surface area contributed by atoms with Crippen LogP contribution in [0.3, 0.4) is 0 Å². The minimum atomic E-state index is -3.41. The van der Waals surface area contributed by atoms with Crippen LogP contribution in [-0.4, -0.2) is 46.5 Å². The Bertz CT molecular complexity index is 715. The summed E-state index contributed by atoms with van der Waals surface area (Å²) in [5, 5.41) is 9.04. The zero-order chi connectivity index (χ0) is 16.7. The predicted octanol–water partition coefficient (Wildman–Crippen LogP) is 2.41. The van der Waals surface area contributed by atoms with Crippen LogP contribution in [-0.2, 0) is 16.6 Å². The third kappa shape index (κ3) is 6.31. The van der Waals surface area contributed by atoms with E-state index in [2.05, 4.69) is 26.5 Å². The van der Waals surface area contributed by atoms with Crippen LogP contribution in [0.25, 0.3) is 0 Å². The van der Waals surface area contributed by atoms with Crippen LogP contribution in [0.5, 0.6) is 0 Å². The van der Waals surface area contributed by atoms with Crippen LogP contribution in [0, 0.1) is 0 Å². The minimum absolute atomic E-state index is 0. The van der Waals surface area contributed by atoms with E-state index in [1.54, 1.807) is 35.9 Å². The molecule has 134 valence electrons. The summed E-state index contributed by atoms with van der Waals surface area (Å²) in [5.74, 6) is 0.728. The molecule has 0 aliphatic rings. The van der Waals surface area contributed by atoms with Gasteiger partial charge in [0.1, 0.15) is 4.21 Å². The molecule has 0 bridgehead atoms. The highest BCUT2D eigenvalue weighted by Crippen LogP contribution is 2.14. The van der Waals surface area contributed by atoms with E-state index < -0.39 is 10.0 Å². The first-order valence-corrected chi connectivity index (χ1v) is 10.3. The first-order valence-electron chi connectivity index (χ1n) is 6.99. The van der Waals surface area contributed by atoms with Crippen molar-refractivity contribution in [1.82, 2.24) is 14.9 Å². The zero-order valence-electron chi connectivity index (χ0n) is 13.4. The van der Waals surface area contributed by atoms with Gasteiger partial charge in [-0.25, -0.2) is 13.1 Å². The second-order valence-electron chi connectivity index (χ2n) is 4.79. The average Bonchev–Trinajstić information content (AvgIpc) is 3.20. The topological polar surface area (TPSA) is 73.8 Å². The highest BCUT2D eigenvalue weighted by molar-refractivity contribution is 14.0. The summed E-state index contributed by atoms with van der Waals surface area (Å²) in [6.07, 6.45) is 0. The average molecular weight is 500 g/mol. The van der Waals surface area contributed by atoms with Crippen molar-refractivity contribution in [3.63, 3.8) is 0 Å². The highest BCUT2D eigenvalue weighted by atomic mass is 127. The maximum Gasteiger partial charge on any atom is 0.250 e. The molecule has 2 rings (SSSR count). The maximum atomic E-state index is 12.0. The summed E-state index contributed by atoms with van der Waals surface area (Å²) in [6, 6.07) is 5.39. The van der Waals surface area contributed by atoms with E-state index >= 15 is 0 Å². The van der Waals surface area contributed by atoms with Gasteiger partial charge in [-0.1, -0.05) is 6.07 Å². The molecule has 0 atom stereocenters. The van der Waals surface area contributed by atoms with E-state index in [1.807, 2.05) is 17.3 Å². The first-order chi connectivity index (χ1) is 11.0. The van der Waals surface area contributed by atoms with Crippen molar-refractivity contribution >= 4 is 62.6 Å². The Kier molecular flexibility index (Phi) is 9.19. The van der Waals surface area contributed by atoms with Gasteiger partial charge in [-0.15, -0.1) is 35.3 Å². The normalized spacial score (nSPS) is 11.8. The van der Waals surface area contributed by atoms with Crippen LogP contribution in [0.1, 0.15) is 5.56 Å². The Morgan fingerprint density at radius 3 is 2.67 bits per heavy atom. The van der Waals surface area contributed by atoms with E-state index in [0.29, 0.717) is 17.3 Å². The molecule has 0 saturated heterocycles. The molecule has 0 amide bonds. The van der Waals surface area contributed by atoms with Gasteiger partial charge in [0, 0.05) is 33.7 Å². The highest BCUT2D eigenvalue weighted by Gasteiger charge is 2.14. The molecule has 2 aromatic rings. The SMILES string of the molecule is CN=C(NCCNS(=O)(=O)c1cccs1)N(C)Cc1ccsc1.I. The molecule has 0 aliphatic heterocycles. The summed E-state index contributed by atoms with van der Waals surface area (Å²) >= 11 is 2.86. The number of nitrogens with one attached hydrogen (secondary N) is 2. The van der Waals surface area contributed by atoms with Crippen molar-refractivity contribution in [2.24, 2.45) is 4.99 Å². The number of rotatable bonds is 7. The second kappa shape index (κ2) is 10.3. The van der Waals surface area contributed by atoms with Gasteiger partial charge in [-0.05, 0) is 33.8 Å². The fourth-order valence-corrected chi connectivity index (χ4v) is 4.69. The second-order valence-corrected chi connectivity index (χ2v) is 8.51. The molecule has 2 heterocycles. The Morgan fingerprint density at radius 2 is 2.08 bits per heavy atom. The van der Waals surface area contributed by atoms with E-state index in [-0.39, 0.29) is 24.0 Å². The fraction of sp³-hybridized carbons (Fsp3) is 0.357. The van der Waals surface area contributed by atoms with Gasteiger partial charge < -0.3 is 10.2 Å². The number of nitrogens with zero attached hydrogens (tertiary/aromatic N) is 2.